The predicted octanol–water partition coefficient (Wildman–Crippen LogP) is 1.49. The molecular formula is C15H16FN3O3. The molecule has 7 heteroatoms. The van der Waals surface area contributed by atoms with E-state index in [4.69, 9.17) is 4.74 Å². The summed E-state index contributed by atoms with van der Waals surface area (Å²) >= 11 is 0. The number of ether oxygens (including phenoxy) is 1. The van der Waals surface area contributed by atoms with Crippen molar-refractivity contribution >= 4 is 5.91 Å². The summed E-state index contributed by atoms with van der Waals surface area (Å²) in [5, 5.41) is 7.34. The summed E-state index contributed by atoms with van der Waals surface area (Å²) in [6.45, 7) is 2.98. The van der Waals surface area contributed by atoms with Gasteiger partial charge in [0.05, 0.1) is 19.1 Å². The summed E-state index contributed by atoms with van der Waals surface area (Å²) in [6.07, 6.45) is 0.120. The third-order valence-electron chi connectivity index (χ3n) is 3.70. The van der Waals surface area contributed by atoms with Gasteiger partial charge in [0.25, 0.3) is 0 Å². The Bertz CT molecular complexity index is 668. The quantitative estimate of drug-likeness (QED) is 0.837. The van der Waals surface area contributed by atoms with Crippen LogP contribution in [0.1, 0.15) is 17.0 Å². The van der Waals surface area contributed by atoms with Crippen LogP contribution in [-0.4, -0.2) is 40.3 Å². The second kappa shape index (κ2) is 6.23. The smallest absolute Gasteiger partial charge is 0.228 e. The minimum atomic E-state index is -0.274. The van der Waals surface area contributed by atoms with Gasteiger partial charge in [-0.1, -0.05) is 28.5 Å². The van der Waals surface area contributed by atoms with Crippen LogP contribution in [0.25, 0.3) is 0 Å². The topological polar surface area (TPSA) is 68.5 Å². The fraction of sp³-hybridized carbons (Fsp3) is 0.400. The first-order chi connectivity index (χ1) is 10.6. The first-order valence-corrected chi connectivity index (χ1v) is 7.04. The van der Waals surface area contributed by atoms with Crippen molar-refractivity contribution in [2.75, 3.05) is 13.1 Å². The molecule has 2 heterocycles. The standard InChI is InChI=1S/C15H16FN3O3/c1-10-14(18-22-17-10)6-15(20)19-7-12(8-19)21-9-11-4-2-3-5-13(11)16/h2-5,12H,6-9H2,1H3. The monoisotopic (exact) mass is 305 g/mol. The lowest BCUT2D eigenvalue weighted by molar-refractivity contribution is -0.145. The van der Waals surface area contributed by atoms with E-state index < -0.39 is 0 Å². The number of carbonyl (C=O) groups excluding carboxylic acids is 1. The van der Waals surface area contributed by atoms with E-state index in [-0.39, 0.29) is 30.9 Å². The SMILES string of the molecule is Cc1nonc1CC(=O)N1CC(OCc2ccccc2F)C1. The summed E-state index contributed by atoms with van der Waals surface area (Å²) in [7, 11) is 0. The molecule has 1 aromatic carbocycles. The lowest BCUT2D eigenvalue weighted by atomic mass is 10.1. The average molecular weight is 305 g/mol. The zero-order chi connectivity index (χ0) is 15.5. The maximum Gasteiger partial charge on any atom is 0.228 e. The number of carbonyl (C=O) groups is 1. The molecule has 0 spiro atoms. The molecule has 0 atom stereocenters. The van der Waals surface area contributed by atoms with E-state index in [1.165, 1.54) is 6.07 Å². The highest BCUT2D eigenvalue weighted by Gasteiger charge is 2.32. The maximum absolute atomic E-state index is 13.5. The highest BCUT2D eigenvalue weighted by atomic mass is 19.1. The molecule has 6 nitrogen and oxygen atoms in total. The Hall–Kier alpha value is -2.28. The lowest BCUT2D eigenvalue weighted by Gasteiger charge is -2.38. The molecule has 0 aliphatic carbocycles. The highest BCUT2D eigenvalue weighted by molar-refractivity contribution is 5.79. The van der Waals surface area contributed by atoms with Crippen LogP contribution in [0, 0.1) is 12.7 Å². The normalized spacial score (nSPS) is 14.9. The number of hydrogen-bond donors (Lipinski definition) is 0. The number of benzene rings is 1. The molecule has 0 unspecified atom stereocenters. The van der Waals surface area contributed by atoms with E-state index in [9.17, 15) is 9.18 Å². The molecule has 116 valence electrons. The number of amides is 1. The number of halogens is 1. The van der Waals surface area contributed by atoms with E-state index in [2.05, 4.69) is 14.9 Å². The van der Waals surface area contributed by atoms with E-state index >= 15 is 0 Å². The highest BCUT2D eigenvalue weighted by Crippen LogP contribution is 2.17. The van der Waals surface area contributed by atoms with E-state index in [0.717, 1.165) is 0 Å². The number of nitrogens with zero attached hydrogens (tertiary/aromatic N) is 3. The van der Waals surface area contributed by atoms with Gasteiger partial charge >= 0.3 is 0 Å². The molecular weight excluding hydrogens is 289 g/mol. The summed E-state index contributed by atoms with van der Waals surface area (Å²) in [5.41, 5.74) is 1.71. The van der Waals surface area contributed by atoms with Crippen molar-refractivity contribution in [3.8, 4) is 0 Å². The van der Waals surface area contributed by atoms with Crippen LogP contribution in [0.4, 0.5) is 4.39 Å². The van der Waals surface area contributed by atoms with Crippen molar-refractivity contribution in [1.82, 2.24) is 15.2 Å². The van der Waals surface area contributed by atoms with Gasteiger partial charge in [-0.25, -0.2) is 9.02 Å². The Balaban J connectivity index is 1.43. The third-order valence-corrected chi connectivity index (χ3v) is 3.70. The van der Waals surface area contributed by atoms with Crippen LogP contribution in [0.3, 0.4) is 0 Å². The molecule has 1 aliphatic heterocycles. The van der Waals surface area contributed by atoms with Gasteiger partial charge in [0, 0.05) is 18.7 Å². The van der Waals surface area contributed by atoms with Crippen LogP contribution in [0.15, 0.2) is 28.9 Å². The molecule has 22 heavy (non-hydrogen) atoms. The van der Waals surface area contributed by atoms with E-state index in [1.54, 1.807) is 30.0 Å². The molecule has 3 rings (SSSR count). The third kappa shape index (κ3) is 3.14. The minimum Gasteiger partial charge on any atom is -0.370 e. The van der Waals surface area contributed by atoms with Crippen LogP contribution in [0.2, 0.25) is 0 Å². The zero-order valence-corrected chi connectivity index (χ0v) is 12.2. The molecule has 0 bridgehead atoms. The van der Waals surface area contributed by atoms with Crippen molar-refractivity contribution in [2.24, 2.45) is 0 Å². The first-order valence-electron chi connectivity index (χ1n) is 7.04. The molecule has 0 N–H and O–H groups in total. The Labute approximate surface area is 126 Å². The van der Waals surface area contributed by atoms with Crippen LogP contribution in [-0.2, 0) is 22.6 Å². The molecule has 1 aliphatic rings. The Morgan fingerprint density at radius 1 is 1.41 bits per heavy atom. The van der Waals surface area contributed by atoms with Crippen molar-refractivity contribution in [3.63, 3.8) is 0 Å². The number of likely N-dealkylation sites (tertiary alicyclic amines) is 1. The number of rotatable bonds is 5. The molecule has 0 saturated carbocycles. The van der Waals surface area contributed by atoms with Crippen molar-refractivity contribution in [2.45, 2.75) is 26.1 Å². The van der Waals surface area contributed by atoms with Crippen molar-refractivity contribution < 1.29 is 18.6 Å². The Kier molecular flexibility index (Phi) is 4.15. The summed E-state index contributed by atoms with van der Waals surface area (Å²) < 4.78 is 23.6. The van der Waals surface area contributed by atoms with Gasteiger partial charge in [0.2, 0.25) is 5.91 Å². The Morgan fingerprint density at radius 2 is 2.18 bits per heavy atom. The zero-order valence-electron chi connectivity index (χ0n) is 12.2. The van der Waals surface area contributed by atoms with Gasteiger partial charge in [-0.2, -0.15) is 0 Å². The second-order valence-electron chi connectivity index (χ2n) is 5.30. The van der Waals surface area contributed by atoms with E-state index in [0.29, 0.717) is 30.0 Å². The van der Waals surface area contributed by atoms with Gasteiger partial charge in [-0.3, -0.25) is 4.79 Å². The molecule has 1 amide bonds. The molecule has 0 radical (unpaired) electrons. The summed E-state index contributed by atoms with van der Waals surface area (Å²) in [4.78, 5) is 13.7. The minimum absolute atomic E-state index is 0.0375. The van der Waals surface area contributed by atoms with E-state index in [1.807, 2.05) is 0 Å². The second-order valence-corrected chi connectivity index (χ2v) is 5.30. The molecule has 1 saturated heterocycles. The first kappa shape index (κ1) is 14.6. The van der Waals surface area contributed by atoms with Gasteiger partial charge < -0.3 is 9.64 Å². The predicted molar refractivity (Wildman–Crippen MR) is 74.3 cm³/mol. The van der Waals surface area contributed by atoms with Crippen molar-refractivity contribution in [1.29, 1.82) is 0 Å². The van der Waals surface area contributed by atoms with Gasteiger partial charge in [0.1, 0.15) is 17.2 Å². The van der Waals surface area contributed by atoms with Gasteiger partial charge in [-0.15, -0.1) is 0 Å². The van der Waals surface area contributed by atoms with Crippen LogP contribution < -0.4 is 0 Å². The number of hydrogen-bond acceptors (Lipinski definition) is 5. The fourth-order valence-electron chi connectivity index (χ4n) is 2.24. The number of aryl methyl sites for hydroxylation is 1. The molecule has 1 aromatic heterocycles. The largest absolute Gasteiger partial charge is 0.370 e. The lowest BCUT2D eigenvalue weighted by Crippen LogP contribution is -2.55. The molecule has 1 fully saturated rings. The fourth-order valence-corrected chi connectivity index (χ4v) is 2.24. The molecule has 2 aromatic rings. The van der Waals surface area contributed by atoms with Crippen LogP contribution in [0.5, 0.6) is 0 Å². The number of aromatic nitrogens is 2. The Morgan fingerprint density at radius 3 is 2.86 bits per heavy atom. The summed E-state index contributed by atoms with van der Waals surface area (Å²) in [5.74, 6) is -0.312. The van der Waals surface area contributed by atoms with Crippen molar-refractivity contribution in [3.05, 3.63) is 47.0 Å². The van der Waals surface area contributed by atoms with Gasteiger partial charge in [0.15, 0.2) is 0 Å². The average Bonchev–Trinajstić information content (AvgIpc) is 2.84. The van der Waals surface area contributed by atoms with Gasteiger partial charge in [-0.05, 0) is 13.0 Å². The summed E-state index contributed by atoms with van der Waals surface area (Å²) in [6, 6.07) is 6.51. The maximum atomic E-state index is 13.5. The van der Waals surface area contributed by atoms with Crippen LogP contribution >= 0.6 is 0 Å².